The highest BCUT2D eigenvalue weighted by molar-refractivity contribution is 7.92. The maximum absolute atomic E-state index is 13.1. The van der Waals surface area contributed by atoms with Crippen molar-refractivity contribution < 1.29 is 16.8 Å². The summed E-state index contributed by atoms with van der Waals surface area (Å²) in [5, 5.41) is 0.234. The van der Waals surface area contributed by atoms with E-state index in [2.05, 4.69) is 4.72 Å². The summed E-state index contributed by atoms with van der Waals surface area (Å²) in [5.41, 5.74) is 0.315. The van der Waals surface area contributed by atoms with Crippen LogP contribution in [0.5, 0.6) is 0 Å². The Balaban J connectivity index is 2.36. The molecule has 3 aromatic rings. The highest BCUT2D eigenvalue weighted by Gasteiger charge is 2.29. The molecule has 0 atom stereocenters. The number of nitrogens with zero attached hydrogens (tertiary/aromatic N) is 1. The minimum absolute atomic E-state index is 0.0253. The first-order chi connectivity index (χ1) is 11.7. The molecule has 0 amide bonds. The summed E-state index contributed by atoms with van der Waals surface area (Å²) in [6, 6.07) is 15.5. The molecule has 6 nitrogen and oxygen atoms in total. The van der Waals surface area contributed by atoms with Crippen LogP contribution in [0.3, 0.4) is 0 Å². The Morgan fingerprint density at radius 3 is 2.12 bits per heavy atom. The zero-order chi connectivity index (χ0) is 18.2. The van der Waals surface area contributed by atoms with Crippen LogP contribution in [0.1, 0.15) is 13.8 Å². The van der Waals surface area contributed by atoms with Crippen LogP contribution in [0.25, 0.3) is 10.9 Å². The summed E-state index contributed by atoms with van der Waals surface area (Å²) in [6.45, 7) is 3.35. The number of sulfonamides is 1. The van der Waals surface area contributed by atoms with Crippen LogP contribution in [-0.4, -0.2) is 26.8 Å². The minimum atomic E-state index is -4.07. The van der Waals surface area contributed by atoms with E-state index >= 15 is 0 Å². The summed E-state index contributed by atoms with van der Waals surface area (Å²) in [6.07, 6.45) is 0. The molecule has 0 aliphatic rings. The van der Waals surface area contributed by atoms with Crippen molar-refractivity contribution in [2.75, 3.05) is 0 Å². The SMILES string of the molecule is CC(C)NS(=O)(=O)c1cc2ccccc2n1S(=O)(=O)c1ccccc1. The van der Waals surface area contributed by atoms with Gasteiger partial charge in [-0.15, -0.1) is 0 Å². The summed E-state index contributed by atoms with van der Waals surface area (Å²) >= 11 is 0. The van der Waals surface area contributed by atoms with Crippen molar-refractivity contribution >= 4 is 30.9 Å². The number of benzene rings is 2. The van der Waals surface area contributed by atoms with Crippen LogP contribution in [0.4, 0.5) is 0 Å². The maximum atomic E-state index is 13.1. The van der Waals surface area contributed by atoms with Crippen molar-refractivity contribution in [2.24, 2.45) is 0 Å². The van der Waals surface area contributed by atoms with Crippen molar-refractivity contribution in [3.63, 3.8) is 0 Å². The van der Waals surface area contributed by atoms with Crippen LogP contribution in [0.15, 0.2) is 70.6 Å². The van der Waals surface area contributed by atoms with E-state index in [-0.39, 0.29) is 16.0 Å². The topological polar surface area (TPSA) is 85.2 Å². The Morgan fingerprint density at radius 2 is 1.48 bits per heavy atom. The van der Waals surface area contributed by atoms with Crippen molar-refractivity contribution in [3.8, 4) is 0 Å². The smallest absolute Gasteiger partial charge is 0.221 e. The molecule has 2 aromatic carbocycles. The molecule has 1 N–H and O–H groups in total. The first-order valence-corrected chi connectivity index (χ1v) is 10.6. The highest BCUT2D eigenvalue weighted by atomic mass is 32.2. The van der Waals surface area contributed by atoms with Crippen molar-refractivity contribution in [1.82, 2.24) is 8.69 Å². The van der Waals surface area contributed by atoms with Gasteiger partial charge in [-0.1, -0.05) is 36.4 Å². The van der Waals surface area contributed by atoms with Crippen molar-refractivity contribution in [2.45, 2.75) is 29.8 Å². The summed E-state index contributed by atoms with van der Waals surface area (Å²) in [7, 11) is -8.08. The lowest BCUT2D eigenvalue weighted by Crippen LogP contribution is -2.32. The molecule has 0 aliphatic heterocycles. The van der Waals surface area contributed by atoms with Gasteiger partial charge in [-0.3, -0.25) is 0 Å². The first-order valence-electron chi connectivity index (χ1n) is 7.67. The maximum Gasteiger partial charge on any atom is 0.269 e. The van der Waals surface area contributed by atoms with Crippen LogP contribution in [-0.2, 0) is 20.0 Å². The molecule has 132 valence electrons. The summed E-state index contributed by atoms with van der Waals surface area (Å²) < 4.78 is 55.0. The van der Waals surface area contributed by atoms with Crippen LogP contribution < -0.4 is 4.72 Å². The third-order valence-corrected chi connectivity index (χ3v) is 7.07. The van der Waals surface area contributed by atoms with Gasteiger partial charge >= 0.3 is 0 Å². The lowest BCUT2D eigenvalue weighted by Gasteiger charge is -2.14. The molecule has 1 heterocycles. The molecule has 0 aliphatic carbocycles. The second-order valence-corrected chi connectivity index (χ2v) is 9.35. The molecular formula is C17H18N2O4S2. The highest BCUT2D eigenvalue weighted by Crippen LogP contribution is 2.28. The fraction of sp³-hybridized carbons (Fsp3) is 0.176. The van der Waals surface area contributed by atoms with Crippen molar-refractivity contribution in [3.05, 3.63) is 60.7 Å². The molecule has 0 fully saturated rings. The fourth-order valence-corrected chi connectivity index (χ4v) is 5.96. The third-order valence-electron chi connectivity index (χ3n) is 3.58. The van der Waals surface area contributed by atoms with Crippen LogP contribution in [0.2, 0.25) is 0 Å². The van der Waals surface area contributed by atoms with Gasteiger partial charge in [0.15, 0.2) is 5.03 Å². The Morgan fingerprint density at radius 1 is 0.880 bits per heavy atom. The van der Waals surface area contributed by atoms with Gasteiger partial charge < -0.3 is 0 Å². The molecule has 25 heavy (non-hydrogen) atoms. The minimum Gasteiger partial charge on any atom is -0.221 e. The van der Waals surface area contributed by atoms with Crippen molar-refractivity contribution in [1.29, 1.82) is 0 Å². The Labute approximate surface area is 147 Å². The molecule has 1 aromatic heterocycles. The third kappa shape index (κ3) is 3.20. The van der Waals surface area contributed by atoms with E-state index in [1.807, 2.05) is 0 Å². The Hall–Kier alpha value is -2.16. The Kier molecular flexibility index (Phi) is 4.44. The molecule has 0 unspecified atom stereocenters. The quantitative estimate of drug-likeness (QED) is 0.739. The van der Waals surface area contributed by atoms with Gasteiger partial charge in [0.1, 0.15) is 0 Å². The molecule has 0 bridgehead atoms. The van der Waals surface area contributed by atoms with Gasteiger partial charge in [0.25, 0.3) is 20.0 Å². The standard InChI is InChI=1S/C17H18N2O4S2/c1-13(2)18-24(20,21)17-12-14-8-6-7-11-16(14)19(17)25(22,23)15-9-4-3-5-10-15/h3-13,18H,1-2H3. The average molecular weight is 378 g/mol. The number of nitrogens with one attached hydrogen (secondary N) is 1. The van der Waals surface area contributed by atoms with Crippen LogP contribution >= 0.6 is 0 Å². The first kappa shape index (κ1) is 17.7. The Bertz CT molecular complexity index is 1120. The van der Waals surface area contributed by atoms with Gasteiger partial charge in [-0.2, -0.15) is 0 Å². The number of para-hydroxylation sites is 1. The number of hydrogen-bond donors (Lipinski definition) is 1. The van der Waals surface area contributed by atoms with Gasteiger partial charge in [0.05, 0.1) is 10.4 Å². The molecule has 0 saturated carbocycles. The van der Waals surface area contributed by atoms with E-state index in [1.54, 1.807) is 56.3 Å². The van der Waals surface area contributed by atoms with E-state index in [0.29, 0.717) is 10.9 Å². The number of hydrogen-bond acceptors (Lipinski definition) is 4. The summed E-state index contributed by atoms with van der Waals surface area (Å²) in [4.78, 5) is 0.0253. The average Bonchev–Trinajstić information content (AvgIpc) is 2.96. The van der Waals surface area contributed by atoms with E-state index in [4.69, 9.17) is 0 Å². The summed E-state index contributed by atoms with van der Waals surface area (Å²) in [5.74, 6) is 0. The molecule has 0 spiro atoms. The van der Waals surface area contributed by atoms with Gasteiger partial charge in [0, 0.05) is 11.4 Å². The monoisotopic (exact) mass is 378 g/mol. The fourth-order valence-electron chi connectivity index (χ4n) is 2.61. The number of aromatic nitrogens is 1. The van der Waals surface area contributed by atoms with E-state index < -0.39 is 20.0 Å². The predicted octanol–water partition coefficient (Wildman–Crippen LogP) is 2.57. The zero-order valence-corrected chi connectivity index (χ0v) is 15.4. The van der Waals surface area contributed by atoms with Gasteiger partial charge in [-0.05, 0) is 38.1 Å². The number of fused-ring (bicyclic) bond motifs is 1. The molecular weight excluding hydrogens is 360 g/mol. The molecule has 0 radical (unpaired) electrons. The molecule has 8 heteroatoms. The van der Waals surface area contributed by atoms with Crippen LogP contribution in [0, 0.1) is 0 Å². The lowest BCUT2D eigenvalue weighted by atomic mass is 10.3. The molecule has 0 saturated heterocycles. The second-order valence-electron chi connectivity index (χ2n) is 5.90. The normalized spacial score (nSPS) is 12.8. The van der Waals surface area contributed by atoms with Gasteiger partial charge in [-0.25, -0.2) is 25.5 Å². The second kappa shape index (κ2) is 6.29. The predicted molar refractivity (Wildman–Crippen MR) is 96.4 cm³/mol. The van der Waals surface area contributed by atoms with E-state index in [0.717, 1.165) is 3.97 Å². The van der Waals surface area contributed by atoms with E-state index in [9.17, 15) is 16.8 Å². The van der Waals surface area contributed by atoms with E-state index in [1.165, 1.54) is 18.2 Å². The largest absolute Gasteiger partial charge is 0.269 e. The molecule has 3 rings (SSSR count). The lowest BCUT2D eigenvalue weighted by molar-refractivity contribution is 0.557. The zero-order valence-electron chi connectivity index (χ0n) is 13.7. The number of rotatable bonds is 5. The van der Waals surface area contributed by atoms with Gasteiger partial charge in [0.2, 0.25) is 0 Å².